The number of ketones is 1. The molecule has 174 valence electrons. The largest absolute Gasteiger partial charge is 0.486 e. The van der Waals surface area contributed by atoms with Gasteiger partial charge in [0.2, 0.25) is 5.91 Å². The summed E-state index contributed by atoms with van der Waals surface area (Å²) in [5.41, 5.74) is 2.52. The van der Waals surface area contributed by atoms with Crippen LogP contribution in [0.25, 0.3) is 0 Å². The van der Waals surface area contributed by atoms with Gasteiger partial charge in [0.05, 0.1) is 5.75 Å². The number of Topliss-reactive ketones (excluding diaryl/α,β-unsaturated/α-hetero) is 1. The summed E-state index contributed by atoms with van der Waals surface area (Å²) in [4.78, 5) is 23.8. The number of nitrogens with one attached hydrogen (secondary N) is 1. The molecule has 1 aromatic heterocycles. The molecule has 2 aromatic carbocycles. The molecule has 0 aliphatic carbocycles. The maximum atomic E-state index is 12.4. The summed E-state index contributed by atoms with van der Waals surface area (Å²) >= 11 is 1.34. The van der Waals surface area contributed by atoms with Gasteiger partial charge in [-0.15, -0.1) is 10.2 Å². The number of thioether (sulfide) groups is 1. The van der Waals surface area contributed by atoms with Gasteiger partial charge in [-0.05, 0) is 61.2 Å². The minimum atomic E-state index is -0.150. The fourth-order valence-electron chi connectivity index (χ4n) is 3.17. The van der Waals surface area contributed by atoms with Crippen molar-refractivity contribution in [3.63, 3.8) is 0 Å². The minimum Gasteiger partial charge on any atom is -0.486 e. The van der Waals surface area contributed by atoms with Crippen LogP contribution in [-0.4, -0.2) is 32.2 Å². The number of aromatic nitrogens is 3. The first kappa shape index (κ1) is 24.5. The molecular weight excluding hydrogens is 436 g/mol. The van der Waals surface area contributed by atoms with Crippen molar-refractivity contribution >= 4 is 29.1 Å². The fraction of sp³-hybridized carbons (Fsp3) is 0.360. The molecule has 8 heteroatoms. The zero-order chi connectivity index (χ0) is 23.8. The van der Waals surface area contributed by atoms with E-state index in [0.29, 0.717) is 28.9 Å². The first-order valence-electron chi connectivity index (χ1n) is 11.0. The average molecular weight is 467 g/mol. The van der Waals surface area contributed by atoms with Crippen molar-refractivity contribution in [2.24, 2.45) is 5.92 Å². The van der Waals surface area contributed by atoms with Crippen LogP contribution in [-0.2, 0) is 24.4 Å². The van der Waals surface area contributed by atoms with Gasteiger partial charge in [0.25, 0.3) is 0 Å². The second-order valence-corrected chi connectivity index (χ2v) is 9.10. The molecule has 0 saturated carbocycles. The Kier molecular flexibility index (Phi) is 8.65. The lowest BCUT2D eigenvalue weighted by Gasteiger charge is -2.13. The van der Waals surface area contributed by atoms with E-state index in [-0.39, 0.29) is 17.4 Å². The molecule has 33 heavy (non-hydrogen) atoms. The Bertz CT molecular complexity index is 1080. The van der Waals surface area contributed by atoms with Crippen LogP contribution in [0.5, 0.6) is 5.75 Å². The molecule has 0 radical (unpaired) electrons. The molecule has 0 fully saturated rings. The summed E-state index contributed by atoms with van der Waals surface area (Å²) in [6, 6.07) is 14.9. The predicted octanol–water partition coefficient (Wildman–Crippen LogP) is 5.01. The lowest BCUT2D eigenvalue weighted by atomic mass is 10.1. The Morgan fingerprint density at radius 1 is 1.06 bits per heavy atom. The zero-order valence-electron chi connectivity index (χ0n) is 19.5. The number of hydrogen-bond donors (Lipinski definition) is 1. The number of carbonyl (C=O) groups is 2. The van der Waals surface area contributed by atoms with E-state index in [2.05, 4.69) is 48.4 Å². The van der Waals surface area contributed by atoms with Crippen LogP contribution >= 0.6 is 11.8 Å². The molecule has 7 nitrogen and oxygen atoms in total. The number of benzene rings is 2. The molecule has 1 heterocycles. The molecule has 0 unspecified atom stereocenters. The molecule has 1 amide bonds. The van der Waals surface area contributed by atoms with E-state index in [1.54, 1.807) is 24.3 Å². The summed E-state index contributed by atoms with van der Waals surface area (Å²) in [7, 11) is 0. The van der Waals surface area contributed by atoms with E-state index in [1.807, 2.05) is 16.7 Å². The van der Waals surface area contributed by atoms with Crippen molar-refractivity contribution in [2.75, 3.05) is 11.1 Å². The van der Waals surface area contributed by atoms with Gasteiger partial charge in [-0.2, -0.15) is 0 Å². The summed E-state index contributed by atoms with van der Waals surface area (Å²) in [5.74, 6) is 1.94. The Morgan fingerprint density at radius 3 is 2.36 bits per heavy atom. The molecule has 0 bridgehead atoms. The molecule has 3 rings (SSSR count). The molecule has 0 saturated heterocycles. The number of anilines is 1. The highest BCUT2D eigenvalue weighted by Gasteiger charge is 2.16. The molecule has 0 spiro atoms. The maximum Gasteiger partial charge on any atom is 0.234 e. The Hall–Kier alpha value is -3.13. The highest BCUT2D eigenvalue weighted by molar-refractivity contribution is 7.99. The first-order valence-corrected chi connectivity index (χ1v) is 12.0. The highest BCUT2D eigenvalue weighted by atomic mass is 32.2. The lowest BCUT2D eigenvalue weighted by Crippen LogP contribution is -2.16. The third kappa shape index (κ3) is 7.18. The van der Waals surface area contributed by atoms with E-state index >= 15 is 0 Å². The van der Waals surface area contributed by atoms with Gasteiger partial charge in [0.1, 0.15) is 12.4 Å². The van der Waals surface area contributed by atoms with Crippen LogP contribution in [0, 0.1) is 5.92 Å². The number of carbonyl (C=O) groups excluding carboxylic acids is 2. The van der Waals surface area contributed by atoms with Gasteiger partial charge in [0.15, 0.2) is 16.8 Å². The number of ether oxygens (including phenoxy) is 1. The van der Waals surface area contributed by atoms with Gasteiger partial charge in [0, 0.05) is 17.8 Å². The third-order valence-electron chi connectivity index (χ3n) is 4.95. The van der Waals surface area contributed by atoms with Crippen LogP contribution in [0.4, 0.5) is 5.69 Å². The SMILES string of the molecule is CCc1ccc(OCc2nnc(SCC(=O)Nc3ccc(C(C)=O)cc3)n2CC(C)C)cc1. The van der Waals surface area contributed by atoms with Gasteiger partial charge in [-0.1, -0.05) is 44.7 Å². The van der Waals surface area contributed by atoms with E-state index in [1.165, 1.54) is 24.2 Å². The van der Waals surface area contributed by atoms with Crippen LogP contribution in [0.1, 0.15) is 49.4 Å². The Labute approximate surface area is 198 Å². The number of aryl methyl sites for hydroxylation is 1. The third-order valence-corrected chi connectivity index (χ3v) is 5.92. The van der Waals surface area contributed by atoms with Crippen molar-refractivity contribution in [2.45, 2.75) is 52.4 Å². The molecule has 3 aromatic rings. The van der Waals surface area contributed by atoms with E-state index < -0.39 is 0 Å². The van der Waals surface area contributed by atoms with Crippen molar-refractivity contribution < 1.29 is 14.3 Å². The maximum absolute atomic E-state index is 12.4. The average Bonchev–Trinajstić information content (AvgIpc) is 3.17. The molecule has 0 atom stereocenters. The van der Waals surface area contributed by atoms with Crippen molar-refractivity contribution in [1.29, 1.82) is 0 Å². The van der Waals surface area contributed by atoms with Crippen LogP contribution in [0.2, 0.25) is 0 Å². The highest BCUT2D eigenvalue weighted by Crippen LogP contribution is 2.21. The monoisotopic (exact) mass is 466 g/mol. The van der Waals surface area contributed by atoms with E-state index in [4.69, 9.17) is 4.74 Å². The standard InChI is InChI=1S/C25H30N4O3S/c1-5-19-6-12-22(13-7-19)32-15-23-27-28-25(29(23)14-17(2)3)33-16-24(31)26-21-10-8-20(9-11-21)18(4)30/h6-13,17H,5,14-16H2,1-4H3,(H,26,31). The normalized spacial score (nSPS) is 10.9. The number of amides is 1. The Morgan fingerprint density at radius 2 is 1.76 bits per heavy atom. The molecule has 0 aliphatic heterocycles. The van der Waals surface area contributed by atoms with Crippen molar-refractivity contribution in [3.05, 3.63) is 65.5 Å². The predicted molar refractivity (Wildman–Crippen MR) is 131 cm³/mol. The number of nitrogens with zero attached hydrogens (tertiary/aromatic N) is 3. The van der Waals surface area contributed by atoms with Crippen LogP contribution in [0.3, 0.4) is 0 Å². The lowest BCUT2D eigenvalue weighted by molar-refractivity contribution is -0.113. The Balaban J connectivity index is 1.61. The van der Waals surface area contributed by atoms with Crippen molar-refractivity contribution in [1.82, 2.24) is 14.8 Å². The number of hydrogen-bond acceptors (Lipinski definition) is 6. The molecule has 0 aliphatic rings. The van der Waals surface area contributed by atoms with Gasteiger partial charge in [-0.25, -0.2) is 0 Å². The second kappa shape index (κ2) is 11.7. The van der Waals surface area contributed by atoms with Gasteiger partial charge >= 0.3 is 0 Å². The molecule has 1 N–H and O–H groups in total. The summed E-state index contributed by atoms with van der Waals surface area (Å²) in [5, 5.41) is 12.1. The van der Waals surface area contributed by atoms with E-state index in [9.17, 15) is 9.59 Å². The molecular formula is C25H30N4O3S. The summed E-state index contributed by atoms with van der Waals surface area (Å²) < 4.78 is 7.94. The van der Waals surface area contributed by atoms with E-state index in [0.717, 1.165) is 24.5 Å². The van der Waals surface area contributed by atoms with Crippen LogP contribution < -0.4 is 10.1 Å². The zero-order valence-corrected chi connectivity index (χ0v) is 20.3. The first-order chi connectivity index (χ1) is 15.9. The van der Waals surface area contributed by atoms with Gasteiger partial charge in [-0.3, -0.25) is 9.59 Å². The fourth-order valence-corrected chi connectivity index (χ4v) is 3.93. The summed E-state index contributed by atoms with van der Waals surface area (Å²) in [6.45, 7) is 8.92. The minimum absolute atomic E-state index is 0.00863. The van der Waals surface area contributed by atoms with Crippen molar-refractivity contribution in [3.8, 4) is 5.75 Å². The number of rotatable bonds is 11. The van der Waals surface area contributed by atoms with Gasteiger partial charge < -0.3 is 14.6 Å². The second-order valence-electron chi connectivity index (χ2n) is 8.16. The topological polar surface area (TPSA) is 86.1 Å². The van der Waals surface area contributed by atoms with Crippen LogP contribution in [0.15, 0.2) is 53.7 Å². The smallest absolute Gasteiger partial charge is 0.234 e. The summed E-state index contributed by atoms with van der Waals surface area (Å²) in [6.07, 6.45) is 0.987. The quantitative estimate of drug-likeness (QED) is 0.316.